The van der Waals surface area contributed by atoms with Gasteiger partial charge >= 0.3 is 0 Å². The summed E-state index contributed by atoms with van der Waals surface area (Å²) >= 11 is 0. The molecule has 0 aliphatic heterocycles. The zero-order valence-electron chi connectivity index (χ0n) is 11.6. The molecule has 1 N–H and O–H groups in total. The van der Waals surface area contributed by atoms with E-state index >= 15 is 0 Å². The third kappa shape index (κ3) is 2.40. The fourth-order valence-corrected chi connectivity index (χ4v) is 2.77. The summed E-state index contributed by atoms with van der Waals surface area (Å²) < 4.78 is 52.9. The molecule has 2 saturated carbocycles. The molecule has 116 valence electrons. The van der Waals surface area contributed by atoms with Crippen molar-refractivity contribution < 1.29 is 22.4 Å². The van der Waals surface area contributed by atoms with Gasteiger partial charge < -0.3 is 5.32 Å². The highest BCUT2D eigenvalue weighted by atomic mass is 19.3. The Morgan fingerprint density at radius 2 is 1.86 bits per heavy atom. The van der Waals surface area contributed by atoms with Gasteiger partial charge in [0.2, 0.25) is 11.8 Å². The Morgan fingerprint density at radius 1 is 1.29 bits per heavy atom. The highest BCUT2D eigenvalue weighted by molar-refractivity contribution is 5.95. The molecular weight excluding hydrogens is 290 g/mol. The normalized spacial score (nSPS) is 26.3. The molecule has 21 heavy (non-hydrogen) atoms. The van der Waals surface area contributed by atoms with E-state index < -0.39 is 30.1 Å². The van der Waals surface area contributed by atoms with Crippen molar-refractivity contribution in [2.24, 2.45) is 13.0 Å². The van der Waals surface area contributed by atoms with Crippen molar-refractivity contribution in [1.82, 2.24) is 9.78 Å². The molecule has 1 atom stereocenters. The number of amides is 1. The first-order chi connectivity index (χ1) is 9.61. The van der Waals surface area contributed by atoms with Crippen molar-refractivity contribution in [2.45, 2.75) is 43.9 Å². The van der Waals surface area contributed by atoms with Gasteiger partial charge in [0.1, 0.15) is 11.7 Å². The molecule has 0 saturated heterocycles. The van der Waals surface area contributed by atoms with Crippen molar-refractivity contribution in [3.63, 3.8) is 0 Å². The summed E-state index contributed by atoms with van der Waals surface area (Å²) in [6, 6.07) is 0. The molecule has 1 aromatic heterocycles. The Morgan fingerprint density at radius 3 is 2.33 bits per heavy atom. The number of halogens is 4. The summed E-state index contributed by atoms with van der Waals surface area (Å²) in [5.74, 6) is -7.70. The highest BCUT2D eigenvalue weighted by Gasteiger charge is 2.61. The Bertz CT molecular complexity index is 603. The van der Waals surface area contributed by atoms with Crippen LogP contribution in [0.2, 0.25) is 0 Å². The lowest BCUT2D eigenvalue weighted by Gasteiger charge is -2.34. The minimum Gasteiger partial charge on any atom is -0.310 e. The maximum Gasteiger partial charge on any atom is 0.260 e. The number of hydrogen-bond donors (Lipinski definition) is 1. The van der Waals surface area contributed by atoms with Crippen LogP contribution in [0.15, 0.2) is 0 Å². The van der Waals surface area contributed by atoms with Crippen molar-refractivity contribution >= 4 is 11.7 Å². The molecule has 0 bridgehead atoms. The number of carbonyl (C=O) groups excluding carboxylic acids is 1. The van der Waals surface area contributed by atoms with Gasteiger partial charge in [0.05, 0.1) is 5.69 Å². The molecule has 2 aliphatic carbocycles. The first-order valence-electron chi connectivity index (χ1n) is 6.71. The third-order valence-corrected chi connectivity index (χ3v) is 4.18. The second-order valence-corrected chi connectivity index (χ2v) is 5.95. The van der Waals surface area contributed by atoms with Gasteiger partial charge in [-0.15, -0.1) is 0 Å². The fraction of sp³-hybridized carbons (Fsp3) is 0.692. The van der Waals surface area contributed by atoms with E-state index in [2.05, 4.69) is 10.4 Å². The zero-order chi connectivity index (χ0) is 15.6. The van der Waals surface area contributed by atoms with Crippen LogP contribution in [-0.2, 0) is 11.8 Å². The van der Waals surface area contributed by atoms with E-state index in [-0.39, 0.29) is 18.8 Å². The summed E-state index contributed by atoms with van der Waals surface area (Å²) in [5, 5.41) is 6.58. The number of nitrogens with zero attached hydrogens (tertiary/aromatic N) is 2. The van der Waals surface area contributed by atoms with E-state index in [1.54, 1.807) is 14.0 Å². The first kappa shape index (κ1) is 14.3. The summed E-state index contributed by atoms with van der Waals surface area (Å²) in [4.78, 5) is 11.7. The van der Waals surface area contributed by atoms with Gasteiger partial charge in [-0.1, -0.05) is 0 Å². The van der Waals surface area contributed by atoms with Crippen LogP contribution in [0.4, 0.5) is 23.4 Å². The number of alkyl halides is 4. The molecule has 0 aromatic carbocycles. The lowest BCUT2D eigenvalue weighted by atomic mass is 9.78. The summed E-state index contributed by atoms with van der Waals surface area (Å²) in [6.07, 6.45) is -0.977. The molecule has 2 aliphatic rings. The van der Waals surface area contributed by atoms with E-state index in [9.17, 15) is 22.4 Å². The number of carbonyl (C=O) groups is 1. The summed E-state index contributed by atoms with van der Waals surface area (Å²) in [6.45, 7) is 1.65. The number of hydrogen-bond acceptors (Lipinski definition) is 2. The largest absolute Gasteiger partial charge is 0.310 e. The molecule has 8 heteroatoms. The highest BCUT2D eigenvalue weighted by Crippen LogP contribution is 2.50. The molecule has 3 rings (SSSR count). The van der Waals surface area contributed by atoms with Crippen molar-refractivity contribution in [2.75, 3.05) is 5.32 Å². The lowest BCUT2D eigenvalue weighted by molar-refractivity contribution is -0.119. The van der Waals surface area contributed by atoms with E-state index in [0.29, 0.717) is 17.1 Å². The molecule has 1 heterocycles. The van der Waals surface area contributed by atoms with Crippen molar-refractivity contribution in [3.8, 4) is 0 Å². The van der Waals surface area contributed by atoms with Crippen LogP contribution in [0.3, 0.4) is 0 Å². The molecule has 0 unspecified atom stereocenters. The van der Waals surface area contributed by atoms with Gasteiger partial charge in [-0.3, -0.25) is 9.48 Å². The van der Waals surface area contributed by atoms with Gasteiger partial charge in [0, 0.05) is 37.8 Å². The van der Waals surface area contributed by atoms with Crippen LogP contribution < -0.4 is 5.32 Å². The van der Waals surface area contributed by atoms with Crippen LogP contribution in [0.25, 0.3) is 0 Å². The number of aromatic nitrogens is 2. The number of anilines is 1. The number of rotatable bonds is 3. The van der Waals surface area contributed by atoms with Gasteiger partial charge in [-0.25, -0.2) is 17.6 Å². The predicted octanol–water partition coefficient (Wildman–Crippen LogP) is 2.83. The van der Waals surface area contributed by atoms with Crippen LogP contribution >= 0.6 is 0 Å². The van der Waals surface area contributed by atoms with Crippen LogP contribution in [0.1, 0.15) is 36.4 Å². The monoisotopic (exact) mass is 305 g/mol. The molecule has 4 nitrogen and oxygen atoms in total. The van der Waals surface area contributed by atoms with Gasteiger partial charge in [0.25, 0.3) is 5.92 Å². The topological polar surface area (TPSA) is 46.9 Å². The SMILES string of the molecule is Cc1c(C2CC(F)(F)C2)nn(C)c1NC(=O)[C@H]1CC1(F)F. The van der Waals surface area contributed by atoms with Crippen LogP contribution in [-0.4, -0.2) is 27.5 Å². The Labute approximate surface area is 118 Å². The van der Waals surface area contributed by atoms with Gasteiger partial charge in [-0.2, -0.15) is 5.10 Å². The minimum atomic E-state index is -2.94. The summed E-state index contributed by atoms with van der Waals surface area (Å²) in [5.41, 5.74) is 1.07. The van der Waals surface area contributed by atoms with E-state index in [4.69, 9.17) is 0 Å². The van der Waals surface area contributed by atoms with Crippen molar-refractivity contribution in [3.05, 3.63) is 11.3 Å². The fourth-order valence-electron chi connectivity index (χ4n) is 2.77. The predicted molar refractivity (Wildman–Crippen MR) is 66.6 cm³/mol. The number of aryl methyl sites for hydroxylation is 1. The number of nitrogens with one attached hydrogen (secondary N) is 1. The zero-order valence-corrected chi connectivity index (χ0v) is 11.6. The van der Waals surface area contributed by atoms with Crippen LogP contribution in [0, 0.1) is 12.8 Å². The van der Waals surface area contributed by atoms with E-state index in [1.165, 1.54) is 4.68 Å². The molecule has 1 aromatic rings. The summed E-state index contributed by atoms with van der Waals surface area (Å²) in [7, 11) is 1.55. The molecule has 0 radical (unpaired) electrons. The minimum absolute atomic E-state index is 0.265. The lowest BCUT2D eigenvalue weighted by Crippen LogP contribution is -2.34. The maximum absolute atomic E-state index is 12.9. The van der Waals surface area contributed by atoms with Gasteiger partial charge in [0.15, 0.2) is 0 Å². The molecule has 1 amide bonds. The van der Waals surface area contributed by atoms with Crippen LogP contribution in [0.5, 0.6) is 0 Å². The van der Waals surface area contributed by atoms with E-state index in [0.717, 1.165) is 0 Å². The molecule has 0 spiro atoms. The molecular formula is C13H15F4N3O. The van der Waals surface area contributed by atoms with Gasteiger partial charge in [-0.05, 0) is 6.92 Å². The standard InChI is InChI=1S/C13H15F4N3O/c1-6-9(7-3-12(14,15)4-7)19-20(2)10(6)18-11(21)8-5-13(8,16)17/h7-8H,3-5H2,1-2H3,(H,18,21)/t8-/m1/s1. The average Bonchev–Trinajstić information content (AvgIpc) is 2.89. The van der Waals surface area contributed by atoms with E-state index in [1.807, 2.05) is 0 Å². The average molecular weight is 305 g/mol. The Balaban J connectivity index is 1.75. The Kier molecular flexibility index (Phi) is 2.87. The Hall–Kier alpha value is -1.60. The molecule has 2 fully saturated rings. The first-order valence-corrected chi connectivity index (χ1v) is 6.71. The van der Waals surface area contributed by atoms with Crippen molar-refractivity contribution in [1.29, 1.82) is 0 Å². The quantitative estimate of drug-likeness (QED) is 0.873. The second kappa shape index (κ2) is 4.20. The smallest absolute Gasteiger partial charge is 0.260 e. The third-order valence-electron chi connectivity index (χ3n) is 4.18. The maximum atomic E-state index is 12.9. The second-order valence-electron chi connectivity index (χ2n) is 5.95.